The van der Waals surface area contributed by atoms with Gasteiger partial charge in [0.05, 0.1) is 5.69 Å². The quantitative estimate of drug-likeness (QED) is 0.732. The average molecular weight is 194 g/mol. The zero-order chi connectivity index (χ0) is 10.3. The van der Waals surface area contributed by atoms with Gasteiger partial charge in [-0.25, -0.2) is 4.79 Å². The van der Waals surface area contributed by atoms with Crippen LogP contribution in [0, 0.1) is 0 Å². The average Bonchev–Trinajstić information content (AvgIpc) is 2.42. The second kappa shape index (κ2) is 3.12. The van der Waals surface area contributed by atoms with Crippen molar-refractivity contribution in [2.75, 3.05) is 0 Å². The molecular formula is C10H14N2O2. The Morgan fingerprint density at radius 3 is 2.64 bits per heavy atom. The van der Waals surface area contributed by atoms with Gasteiger partial charge in [0, 0.05) is 12.5 Å². The molecule has 2 rings (SSSR count). The van der Waals surface area contributed by atoms with Crippen molar-refractivity contribution in [1.82, 2.24) is 9.55 Å². The molecule has 14 heavy (non-hydrogen) atoms. The second-order valence-electron chi connectivity index (χ2n) is 3.99. The summed E-state index contributed by atoms with van der Waals surface area (Å²) < 4.78 is 1.69. The number of fused-ring (bicyclic) bond motifs is 1. The molecule has 0 saturated heterocycles. The van der Waals surface area contributed by atoms with Crippen molar-refractivity contribution in [2.45, 2.75) is 39.2 Å². The van der Waals surface area contributed by atoms with Crippen molar-refractivity contribution >= 4 is 5.78 Å². The summed E-state index contributed by atoms with van der Waals surface area (Å²) in [5, 5.41) is 0. The summed E-state index contributed by atoms with van der Waals surface area (Å²) in [7, 11) is 0. The zero-order valence-electron chi connectivity index (χ0n) is 8.46. The summed E-state index contributed by atoms with van der Waals surface area (Å²) in [6.45, 7) is 3.91. The van der Waals surface area contributed by atoms with E-state index in [1.165, 1.54) is 0 Å². The van der Waals surface area contributed by atoms with Gasteiger partial charge in [-0.3, -0.25) is 9.36 Å². The first-order valence-corrected chi connectivity index (χ1v) is 4.98. The number of aromatic amines is 1. The van der Waals surface area contributed by atoms with Gasteiger partial charge in [-0.15, -0.1) is 0 Å². The van der Waals surface area contributed by atoms with Crippen molar-refractivity contribution < 1.29 is 4.79 Å². The molecule has 0 atom stereocenters. The third kappa shape index (κ3) is 1.22. The summed E-state index contributed by atoms with van der Waals surface area (Å²) >= 11 is 0. The fraction of sp³-hybridized carbons (Fsp3) is 0.600. The lowest BCUT2D eigenvalue weighted by Gasteiger charge is -2.14. The highest BCUT2D eigenvalue weighted by Gasteiger charge is 2.24. The van der Waals surface area contributed by atoms with Crippen LogP contribution in [0.25, 0.3) is 0 Å². The number of ketones is 1. The van der Waals surface area contributed by atoms with Crippen molar-refractivity contribution in [3.05, 3.63) is 21.9 Å². The molecule has 1 aromatic heterocycles. The molecule has 0 saturated carbocycles. The monoisotopic (exact) mass is 194 g/mol. The third-order valence-electron chi connectivity index (χ3n) is 2.64. The normalized spacial score (nSPS) is 16.1. The lowest BCUT2D eigenvalue weighted by molar-refractivity contribution is 0.0967. The molecule has 0 aromatic carbocycles. The van der Waals surface area contributed by atoms with E-state index in [4.69, 9.17) is 0 Å². The molecule has 4 heteroatoms. The van der Waals surface area contributed by atoms with Crippen LogP contribution < -0.4 is 5.69 Å². The van der Waals surface area contributed by atoms with Crippen LogP contribution in [0.15, 0.2) is 4.79 Å². The van der Waals surface area contributed by atoms with Crippen LogP contribution >= 0.6 is 0 Å². The second-order valence-corrected chi connectivity index (χ2v) is 3.99. The lowest BCUT2D eigenvalue weighted by atomic mass is 9.99. The Balaban J connectivity index is 2.63. The number of imidazole rings is 1. The van der Waals surface area contributed by atoms with Crippen LogP contribution in [0.3, 0.4) is 0 Å². The maximum Gasteiger partial charge on any atom is 0.326 e. The van der Waals surface area contributed by atoms with E-state index in [1.54, 1.807) is 4.57 Å². The number of hydrogen-bond acceptors (Lipinski definition) is 2. The number of aromatic nitrogens is 2. The predicted octanol–water partition coefficient (Wildman–Crippen LogP) is 1.28. The highest BCUT2D eigenvalue weighted by Crippen LogP contribution is 2.20. The first-order valence-electron chi connectivity index (χ1n) is 4.98. The first-order chi connectivity index (χ1) is 6.61. The molecular weight excluding hydrogens is 180 g/mol. The van der Waals surface area contributed by atoms with Crippen LogP contribution in [0.4, 0.5) is 0 Å². The van der Waals surface area contributed by atoms with Gasteiger partial charge in [-0.1, -0.05) is 0 Å². The maximum atomic E-state index is 11.5. The van der Waals surface area contributed by atoms with Gasteiger partial charge in [0.2, 0.25) is 0 Å². The zero-order valence-corrected chi connectivity index (χ0v) is 8.46. The van der Waals surface area contributed by atoms with E-state index in [0.717, 1.165) is 18.5 Å². The fourth-order valence-electron chi connectivity index (χ4n) is 2.05. The first kappa shape index (κ1) is 9.24. The van der Waals surface area contributed by atoms with Gasteiger partial charge in [0.25, 0.3) is 0 Å². The molecule has 76 valence electrons. The van der Waals surface area contributed by atoms with E-state index in [1.807, 2.05) is 13.8 Å². The Bertz CT molecular complexity index is 426. The minimum atomic E-state index is -0.153. The number of nitrogens with one attached hydrogen (secondary N) is 1. The van der Waals surface area contributed by atoms with E-state index >= 15 is 0 Å². The Morgan fingerprint density at radius 2 is 2.00 bits per heavy atom. The van der Waals surface area contributed by atoms with Gasteiger partial charge in [-0.05, 0) is 26.7 Å². The third-order valence-corrected chi connectivity index (χ3v) is 2.64. The molecule has 0 fully saturated rings. The molecule has 1 heterocycles. The molecule has 1 aliphatic carbocycles. The smallest absolute Gasteiger partial charge is 0.303 e. The fourth-order valence-corrected chi connectivity index (χ4v) is 2.05. The molecule has 0 unspecified atom stereocenters. The topological polar surface area (TPSA) is 54.9 Å². The van der Waals surface area contributed by atoms with Crippen molar-refractivity contribution in [3.8, 4) is 0 Å². The number of rotatable bonds is 1. The van der Waals surface area contributed by atoms with Gasteiger partial charge in [-0.2, -0.15) is 0 Å². The SMILES string of the molecule is CC(C)n1c2c([nH]c1=O)C(=O)CCC2. The van der Waals surface area contributed by atoms with Crippen LogP contribution in [0.2, 0.25) is 0 Å². The largest absolute Gasteiger partial charge is 0.326 e. The summed E-state index contributed by atoms with van der Waals surface area (Å²) in [5.41, 5.74) is 1.27. The summed E-state index contributed by atoms with van der Waals surface area (Å²) in [6.07, 6.45) is 2.25. The van der Waals surface area contributed by atoms with E-state index in [-0.39, 0.29) is 17.5 Å². The van der Waals surface area contributed by atoms with Gasteiger partial charge >= 0.3 is 5.69 Å². The molecule has 0 amide bonds. The van der Waals surface area contributed by atoms with Crippen molar-refractivity contribution in [1.29, 1.82) is 0 Å². The van der Waals surface area contributed by atoms with Crippen LogP contribution in [0.5, 0.6) is 0 Å². The number of nitrogens with zero attached hydrogens (tertiary/aromatic N) is 1. The Hall–Kier alpha value is -1.32. The molecule has 1 aromatic rings. The highest BCUT2D eigenvalue weighted by molar-refractivity contribution is 5.96. The van der Waals surface area contributed by atoms with E-state index in [2.05, 4.69) is 4.98 Å². The number of carbonyl (C=O) groups excluding carboxylic acids is 1. The molecule has 4 nitrogen and oxygen atoms in total. The van der Waals surface area contributed by atoms with Gasteiger partial charge in [0.15, 0.2) is 5.78 Å². The van der Waals surface area contributed by atoms with Gasteiger partial charge < -0.3 is 4.98 Å². The minimum absolute atomic E-state index is 0.0720. The minimum Gasteiger partial charge on any atom is -0.303 e. The standard InChI is InChI=1S/C10H14N2O2/c1-6(2)12-7-4-3-5-8(13)9(7)11-10(12)14/h6H,3-5H2,1-2H3,(H,11,14). The van der Waals surface area contributed by atoms with Crippen LogP contribution in [0.1, 0.15) is 48.9 Å². The Labute approximate surface area is 81.9 Å². The summed E-state index contributed by atoms with van der Waals surface area (Å²) in [4.78, 5) is 25.7. The number of H-pyrrole nitrogens is 1. The maximum absolute atomic E-state index is 11.5. The van der Waals surface area contributed by atoms with E-state index < -0.39 is 0 Å². The van der Waals surface area contributed by atoms with Gasteiger partial charge in [0.1, 0.15) is 5.69 Å². The van der Waals surface area contributed by atoms with E-state index in [0.29, 0.717) is 12.1 Å². The molecule has 0 aliphatic heterocycles. The summed E-state index contributed by atoms with van der Waals surface area (Å²) in [5.74, 6) is 0.0720. The molecule has 0 bridgehead atoms. The van der Waals surface area contributed by atoms with Crippen molar-refractivity contribution in [3.63, 3.8) is 0 Å². The number of hydrogen-bond donors (Lipinski definition) is 1. The molecule has 0 radical (unpaired) electrons. The number of carbonyl (C=O) groups is 1. The molecule has 0 spiro atoms. The molecule has 1 aliphatic rings. The van der Waals surface area contributed by atoms with Crippen molar-refractivity contribution in [2.24, 2.45) is 0 Å². The lowest BCUT2D eigenvalue weighted by Crippen LogP contribution is -2.21. The predicted molar refractivity (Wildman–Crippen MR) is 52.7 cm³/mol. The van der Waals surface area contributed by atoms with Crippen LogP contribution in [-0.2, 0) is 6.42 Å². The number of Topliss-reactive ketones (excluding diaryl/α,β-unsaturated/α-hetero) is 1. The summed E-state index contributed by atoms with van der Waals surface area (Å²) in [6, 6.07) is 0.119. The Kier molecular flexibility index (Phi) is 2.06. The van der Waals surface area contributed by atoms with E-state index in [9.17, 15) is 9.59 Å². The molecule has 1 N–H and O–H groups in total. The Morgan fingerprint density at radius 1 is 1.29 bits per heavy atom. The van der Waals surface area contributed by atoms with Crippen LogP contribution in [-0.4, -0.2) is 15.3 Å². The highest BCUT2D eigenvalue weighted by atomic mass is 16.2.